The lowest BCUT2D eigenvalue weighted by atomic mass is 9.91. The molecule has 0 spiro atoms. The van der Waals surface area contributed by atoms with Crippen molar-refractivity contribution in [3.63, 3.8) is 0 Å². The van der Waals surface area contributed by atoms with Crippen molar-refractivity contribution in [1.82, 2.24) is 9.80 Å². The third kappa shape index (κ3) is 4.66. The minimum Gasteiger partial charge on any atom is -0.395 e. The number of nitrogens with zero attached hydrogens (tertiary/aromatic N) is 2. The lowest BCUT2D eigenvalue weighted by molar-refractivity contribution is -0.135. The topological polar surface area (TPSA) is 53.0 Å². The van der Waals surface area contributed by atoms with E-state index in [1.54, 1.807) is 0 Å². The lowest BCUT2D eigenvalue weighted by Gasteiger charge is -2.44. The fourth-order valence-corrected chi connectivity index (χ4v) is 3.32. The first-order valence-corrected chi connectivity index (χ1v) is 8.13. The van der Waals surface area contributed by atoms with E-state index in [0.717, 1.165) is 39.1 Å². The Labute approximate surface area is 128 Å². The fraction of sp³-hybridized carbons (Fsp3) is 0.938. The molecule has 2 aliphatic heterocycles. The minimum absolute atomic E-state index is 0.0557. The number of hydrogen-bond acceptors (Lipinski definition) is 4. The van der Waals surface area contributed by atoms with Gasteiger partial charge >= 0.3 is 0 Å². The Morgan fingerprint density at radius 2 is 1.90 bits per heavy atom. The summed E-state index contributed by atoms with van der Waals surface area (Å²) in [6, 6.07) is 0.602. The number of morpholine rings is 1. The van der Waals surface area contributed by atoms with Gasteiger partial charge in [-0.15, -0.1) is 0 Å². The van der Waals surface area contributed by atoms with Gasteiger partial charge in [-0.25, -0.2) is 0 Å². The first-order chi connectivity index (χ1) is 9.90. The van der Waals surface area contributed by atoms with Crippen LogP contribution in [0.2, 0.25) is 0 Å². The normalized spacial score (nSPS) is 26.1. The standard InChI is InChI=1S/C16H30N2O3/c1-16(2,3)10-15(20)17-6-4-13(5-7-17)18-8-9-21-12-14(18)11-19/h13-14,19H,4-12H2,1-3H3/t14-/m1/s1. The molecule has 0 aromatic carbocycles. The van der Waals surface area contributed by atoms with Crippen LogP contribution >= 0.6 is 0 Å². The summed E-state index contributed by atoms with van der Waals surface area (Å²) >= 11 is 0. The Morgan fingerprint density at radius 1 is 1.24 bits per heavy atom. The summed E-state index contributed by atoms with van der Waals surface area (Å²) < 4.78 is 5.44. The van der Waals surface area contributed by atoms with E-state index < -0.39 is 0 Å². The number of carbonyl (C=O) groups excluding carboxylic acids is 1. The molecule has 0 saturated carbocycles. The predicted octanol–water partition coefficient (Wildman–Crippen LogP) is 1.11. The molecule has 2 rings (SSSR count). The molecule has 1 amide bonds. The van der Waals surface area contributed by atoms with Gasteiger partial charge in [0.25, 0.3) is 0 Å². The summed E-state index contributed by atoms with van der Waals surface area (Å²) in [5.41, 5.74) is 0.0557. The maximum atomic E-state index is 12.3. The first-order valence-electron chi connectivity index (χ1n) is 8.13. The van der Waals surface area contributed by atoms with E-state index in [1.165, 1.54) is 0 Å². The van der Waals surface area contributed by atoms with Gasteiger partial charge < -0.3 is 14.7 Å². The molecule has 0 bridgehead atoms. The molecule has 1 N–H and O–H groups in total. The summed E-state index contributed by atoms with van der Waals surface area (Å²) in [6.07, 6.45) is 2.63. The number of ether oxygens (including phenoxy) is 1. The Balaban J connectivity index is 1.83. The monoisotopic (exact) mass is 298 g/mol. The van der Waals surface area contributed by atoms with Gasteiger partial charge in [-0.2, -0.15) is 0 Å². The van der Waals surface area contributed by atoms with Crippen LogP contribution < -0.4 is 0 Å². The maximum Gasteiger partial charge on any atom is 0.223 e. The van der Waals surface area contributed by atoms with Crippen LogP contribution in [0.3, 0.4) is 0 Å². The molecular weight excluding hydrogens is 268 g/mol. The SMILES string of the molecule is CC(C)(C)CC(=O)N1CCC(N2CCOC[C@H]2CO)CC1. The van der Waals surface area contributed by atoms with E-state index >= 15 is 0 Å². The second kappa shape index (κ2) is 7.07. The number of aliphatic hydroxyl groups excluding tert-OH is 1. The Kier molecular flexibility index (Phi) is 5.63. The average molecular weight is 298 g/mol. The van der Waals surface area contributed by atoms with Crippen molar-refractivity contribution in [1.29, 1.82) is 0 Å². The molecule has 2 fully saturated rings. The van der Waals surface area contributed by atoms with Gasteiger partial charge in [0, 0.05) is 32.1 Å². The summed E-state index contributed by atoms with van der Waals surface area (Å²) in [4.78, 5) is 16.7. The minimum atomic E-state index is 0.0557. The molecule has 5 heteroatoms. The molecule has 2 aliphatic rings. The molecule has 0 radical (unpaired) electrons. The maximum absolute atomic E-state index is 12.3. The Bertz CT molecular complexity index is 346. The molecule has 21 heavy (non-hydrogen) atoms. The highest BCUT2D eigenvalue weighted by atomic mass is 16.5. The van der Waals surface area contributed by atoms with Gasteiger partial charge in [0.15, 0.2) is 0 Å². The van der Waals surface area contributed by atoms with Crippen LogP contribution in [0.4, 0.5) is 0 Å². The van der Waals surface area contributed by atoms with Crippen LogP contribution in [0.5, 0.6) is 0 Å². The van der Waals surface area contributed by atoms with Crippen LogP contribution in [-0.4, -0.2) is 72.4 Å². The number of aliphatic hydroxyl groups is 1. The van der Waals surface area contributed by atoms with E-state index in [1.807, 2.05) is 4.90 Å². The van der Waals surface area contributed by atoms with Gasteiger partial charge in [-0.05, 0) is 18.3 Å². The van der Waals surface area contributed by atoms with Gasteiger partial charge in [-0.1, -0.05) is 20.8 Å². The Hall–Kier alpha value is -0.650. The van der Waals surface area contributed by atoms with Crippen molar-refractivity contribution in [3.05, 3.63) is 0 Å². The van der Waals surface area contributed by atoms with E-state index in [2.05, 4.69) is 25.7 Å². The van der Waals surface area contributed by atoms with Crippen molar-refractivity contribution in [2.75, 3.05) is 39.5 Å². The van der Waals surface area contributed by atoms with Gasteiger partial charge in [0.2, 0.25) is 5.91 Å². The second-order valence-electron chi connectivity index (χ2n) is 7.50. The van der Waals surface area contributed by atoms with Gasteiger partial charge in [0.1, 0.15) is 0 Å². The molecule has 0 aromatic rings. The van der Waals surface area contributed by atoms with E-state index in [-0.39, 0.29) is 24.0 Å². The van der Waals surface area contributed by atoms with E-state index in [0.29, 0.717) is 19.1 Å². The Morgan fingerprint density at radius 3 is 2.48 bits per heavy atom. The van der Waals surface area contributed by atoms with Crippen LogP contribution in [0.1, 0.15) is 40.0 Å². The number of piperidine rings is 1. The van der Waals surface area contributed by atoms with Crippen LogP contribution in [-0.2, 0) is 9.53 Å². The third-order valence-electron chi connectivity index (χ3n) is 4.45. The highest BCUT2D eigenvalue weighted by molar-refractivity contribution is 5.76. The summed E-state index contributed by atoms with van der Waals surface area (Å²) in [6.45, 7) is 10.4. The largest absolute Gasteiger partial charge is 0.395 e. The number of amides is 1. The zero-order chi connectivity index (χ0) is 15.5. The summed E-state index contributed by atoms with van der Waals surface area (Å²) in [5.74, 6) is 0.279. The van der Waals surface area contributed by atoms with Crippen molar-refractivity contribution in [2.45, 2.75) is 52.1 Å². The predicted molar refractivity (Wildman–Crippen MR) is 82.1 cm³/mol. The van der Waals surface area contributed by atoms with Crippen molar-refractivity contribution < 1.29 is 14.6 Å². The van der Waals surface area contributed by atoms with E-state index in [9.17, 15) is 9.90 Å². The number of hydrogen-bond donors (Lipinski definition) is 1. The van der Waals surface area contributed by atoms with Crippen LogP contribution in [0.15, 0.2) is 0 Å². The van der Waals surface area contributed by atoms with Crippen LogP contribution in [0.25, 0.3) is 0 Å². The number of likely N-dealkylation sites (tertiary alicyclic amines) is 1. The zero-order valence-electron chi connectivity index (χ0n) is 13.7. The van der Waals surface area contributed by atoms with Gasteiger partial charge in [-0.3, -0.25) is 9.69 Å². The number of carbonyl (C=O) groups is 1. The van der Waals surface area contributed by atoms with Crippen molar-refractivity contribution in [3.8, 4) is 0 Å². The van der Waals surface area contributed by atoms with E-state index in [4.69, 9.17) is 4.74 Å². The molecule has 1 atom stereocenters. The molecule has 2 saturated heterocycles. The van der Waals surface area contributed by atoms with Gasteiger partial charge in [0.05, 0.1) is 25.9 Å². The zero-order valence-corrected chi connectivity index (χ0v) is 13.7. The molecular formula is C16H30N2O3. The average Bonchev–Trinajstić information content (AvgIpc) is 2.45. The summed E-state index contributed by atoms with van der Waals surface area (Å²) in [5, 5.41) is 9.47. The molecule has 5 nitrogen and oxygen atoms in total. The third-order valence-corrected chi connectivity index (χ3v) is 4.45. The molecule has 122 valence electrons. The fourth-order valence-electron chi connectivity index (χ4n) is 3.32. The second-order valence-corrected chi connectivity index (χ2v) is 7.50. The molecule has 0 unspecified atom stereocenters. The quantitative estimate of drug-likeness (QED) is 0.848. The van der Waals surface area contributed by atoms with Crippen molar-refractivity contribution >= 4 is 5.91 Å². The lowest BCUT2D eigenvalue weighted by Crippen LogP contribution is -2.55. The van der Waals surface area contributed by atoms with Crippen molar-refractivity contribution in [2.24, 2.45) is 5.41 Å². The molecule has 0 aromatic heterocycles. The first kappa shape index (κ1) is 16.7. The molecule has 0 aliphatic carbocycles. The highest BCUT2D eigenvalue weighted by Crippen LogP contribution is 2.24. The highest BCUT2D eigenvalue weighted by Gasteiger charge is 2.33. The van der Waals surface area contributed by atoms with Crippen LogP contribution in [0, 0.1) is 5.41 Å². The molecule has 2 heterocycles. The smallest absolute Gasteiger partial charge is 0.223 e. The summed E-state index contributed by atoms with van der Waals surface area (Å²) in [7, 11) is 0. The number of rotatable bonds is 3.